The number of nitro benzene ring substituents is 1. The molecular weight excluding hydrogens is 405 g/mol. The Balaban J connectivity index is 2.02. The van der Waals surface area contributed by atoms with E-state index in [1.807, 2.05) is 10.7 Å². The molecule has 0 heterocycles. The lowest BCUT2D eigenvalue weighted by Crippen LogP contribution is -2.32. The van der Waals surface area contributed by atoms with Crippen LogP contribution < -0.4 is 10.7 Å². The molecule has 0 bridgehead atoms. The number of hydrogen-bond donors (Lipinski definition) is 2. The van der Waals surface area contributed by atoms with Crippen LogP contribution in [0, 0.1) is 10.1 Å². The number of hydrogen-bond acceptors (Lipinski definition) is 5. The molecule has 0 aromatic heterocycles. The standard InChI is InChI=1S/C16H10ClF3N4O4/c17-13-5-4-12(24(27)28)6-9(13)8-21-23-15(26)14(25)22-11-3-1-2-10(7-11)16(18,19)20/h1-8H,(H,22,25)(H,23,26)/b21-8-. The molecule has 0 fully saturated rings. The summed E-state index contributed by atoms with van der Waals surface area (Å²) in [6.07, 6.45) is -3.63. The minimum absolute atomic E-state index is 0.106. The summed E-state index contributed by atoms with van der Waals surface area (Å²) in [5, 5.41) is 16.3. The van der Waals surface area contributed by atoms with Crippen molar-refractivity contribution < 1.29 is 27.7 Å². The quantitative estimate of drug-likeness (QED) is 0.345. The highest BCUT2D eigenvalue weighted by Gasteiger charge is 2.30. The summed E-state index contributed by atoms with van der Waals surface area (Å²) in [6, 6.07) is 7.23. The lowest BCUT2D eigenvalue weighted by Gasteiger charge is -2.09. The highest BCUT2D eigenvalue weighted by Crippen LogP contribution is 2.30. The Bertz CT molecular complexity index is 963. The molecule has 0 unspecified atom stereocenters. The summed E-state index contributed by atoms with van der Waals surface area (Å²) in [5.74, 6) is -2.53. The first kappa shape index (κ1) is 20.8. The Morgan fingerprint density at radius 2 is 1.86 bits per heavy atom. The number of nitrogens with one attached hydrogen (secondary N) is 2. The van der Waals surface area contributed by atoms with E-state index >= 15 is 0 Å². The molecule has 2 aromatic rings. The third-order valence-electron chi connectivity index (χ3n) is 3.21. The number of anilines is 1. The lowest BCUT2D eigenvalue weighted by molar-refractivity contribution is -0.384. The van der Waals surface area contributed by atoms with Gasteiger partial charge in [-0.15, -0.1) is 0 Å². The third-order valence-corrected chi connectivity index (χ3v) is 3.56. The predicted molar refractivity (Wildman–Crippen MR) is 93.9 cm³/mol. The van der Waals surface area contributed by atoms with Crippen molar-refractivity contribution in [3.8, 4) is 0 Å². The molecule has 0 aliphatic carbocycles. The van der Waals surface area contributed by atoms with Crippen LogP contribution in [0.5, 0.6) is 0 Å². The van der Waals surface area contributed by atoms with Gasteiger partial charge in [-0.2, -0.15) is 18.3 Å². The van der Waals surface area contributed by atoms with Crippen molar-refractivity contribution in [1.29, 1.82) is 0 Å². The van der Waals surface area contributed by atoms with Gasteiger partial charge in [0.1, 0.15) is 0 Å². The van der Waals surface area contributed by atoms with Crippen LogP contribution >= 0.6 is 11.6 Å². The van der Waals surface area contributed by atoms with Crippen LogP contribution in [0.1, 0.15) is 11.1 Å². The second kappa shape index (κ2) is 8.48. The van der Waals surface area contributed by atoms with E-state index in [2.05, 4.69) is 5.10 Å². The highest BCUT2D eigenvalue weighted by molar-refractivity contribution is 6.39. The van der Waals surface area contributed by atoms with Crippen molar-refractivity contribution in [3.63, 3.8) is 0 Å². The number of carbonyl (C=O) groups is 2. The molecule has 0 radical (unpaired) electrons. The molecule has 8 nitrogen and oxygen atoms in total. The van der Waals surface area contributed by atoms with Gasteiger partial charge < -0.3 is 5.32 Å². The number of hydrazone groups is 1. The molecule has 0 aliphatic heterocycles. The molecule has 0 aliphatic rings. The van der Waals surface area contributed by atoms with Crippen molar-refractivity contribution in [3.05, 3.63) is 68.7 Å². The van der Waals surface area contributed by atoms with Gasteiger partial charge in [-0.25, -0.2) is 5.43 Å². The lowest BCUT2D eigenvalue weighted by atomic mass is 10.2. The van der Waals surface area contributed by atoms with Gasteiger partial charge in [-0.3, -0.25) is 19.7 Å². The van der Waals surface area contributed by atoms with Crippen LogP contribution in [-0.4, -0.2) is 23.0 Å². The van der Waals surface area contributed by atoms with Gasteiger partial charge in [-0.05, 0) is 24.3 Å². The third kappa shape index (κ3) is 5.51. The fourth-order valence-electron chi connectivity index (χ4n) is 1.92. The van der Waals surface area contributed by atoms with Gasteiger partial charge in [0.05, 0.1) is 16.7 Å². The van der Waals surface area contributed by atoms with E-state index in [9.17, 15) is 32.9 Å². The topological polar surface area (TPSA) is 114 Å². The second-order valence-electron chi connectivity index (χ2n) is 5.19. The van der Waals surface area contributed by atoms with Gasteiger partial charge >= 0.3 is 18.0 Å². The maximum atomic E-state index is 12.6. The number of nitro groups is 1. The minimum Gasteiger partial charge on any atom is -0.318 e. The Morgan fingerprint density at radius 1 is 1.14 bits per heavy atom. The molecule has 12 heteroatoms. The monoisotopic (exact) mass is 414 g/mol. The Morgan fingerprint density at radius 3 is 2.50 bits per heavy atom. The zero-order valence-corrected chi connectivity index (χ0v) is 14.4. The predicted octanol–water partition coefficient (Wildman–Crippen LogP) is 3.36. The van der Waals surface area contributed by atoms with Crippen molar-refractivity contribution in [2.24, 2.45) is 5.10 Å². The number of benzene rings is 2. The van der Waals surface area contributed by atoms with E-state index in [0.29, 0.717) is 6.07 Å². The number of alkyl halides is 3. The van der Waals surface area contributed by atoms with E-state index in [1.165, 1.54) is 18.2 Å². The molecule has 0 atom stereocenters. The molecule has 2 amide bonds. The first-order valence-electron chi connectivity index (χ1n) is 7.33. The first-order valence-corrected chi connectivity index (χ1v) is 7.71. The van der Waals surface area contributed by atoms with Crippen LogP contribution in [-0.2, 0) is 15.8 Å². The van der Waals surface area contributed by atoms with Gasteiger partial charge in [-0.1, -0.05) is 17.7 Å². The summed E-state index contributed by atoms with van der Waals surface area (Å²) < 4.78 is 37.9. The minimum atomic E-state index is -4.61. The number of non-ortho nitro benzene ring substituents is 1. The Kier molecular flexibility index (Phi) is 6.31. The van der Waals surface area contributed by atoms with E-state index in [0.717, 1.165) is 24.4 Å². The van der Waals surface area contributed by atoms with Gasteiger partial charge in [0.15, 0.2) is 0 Å². The van der Waals surface area contributed by atoms with E-state index in [-0.39, 0.29) is 22.0 Å². The smallest absolute Gasteiger partial charge is 0.318 e. The van der Waals surface area contributed by atoms with E-state index in [1.54, 1.807) is 0 Å². The van der Waals surface area contributed by atoms with Crippen LogP contribution in [0.3, 0.4) is 0 Å². The van der Waals surface area contributed by atoms with Gasteiger partial charge in [0.25, 0.3) is 5.69 Å². The normalized spacial score (nSPS) is 11.3. The second-order valence-corrected chi connectivity index (χ2v) is 5.60. The maximum Gasteiger partial charge on any atom is 0.416 e. The Labute approximate surface area is 160 Å². The number of nitrogens with zero attached hydrogens (tertiary/aromatic N) is 2. The number of halogens is 4. The molecular formula is C16H10ClF3N4O4. The van der Waals surface area contributed by atoms with Crippen LogP contribution in [0.4, 0.5) is 24.5 Å². The summed E-state index contributed by atoms with van der Waals surface area (Å²) in [5.41, 5.74) is 0.450. The Hall–Kier alpha value is -3.47. The fraction of sp³-hybridized carbons (Fsp3) is 0.0625. The molecule has 2 N–H and O–H groups in total. The molecule has 2 aromatic carbocycles. The first-order chi connectivity index (χ1) is 13.1. The average Bonchev–Trinajstić information content (AvgIpc) is 2.62. The number of rotatable bonds is 4. The molecule has 28 heavy (non-hydrogen) atoms. The van der Waals surface area contributed by atoms with Gasteiger partial charge in [0.2, 0.25) is 0 Å². The summed E-state index contributed by atoms with van der Waals surface area (Å²) in [4.78, 5) is 33.5. The zero-order chi connectivity index (χ0) is 20.9. The van der Waals surface area contributed by atoms with E-state index < -0.39 is 28.5 Å². The highest BCUT2D eigenvalue weighted by atomic mass is 35.5. The van der Waals surface area contributed by atoms with Crippen LogP contribution in [0.2, 0.25) is 5.02 Å². The van der Waals surface area contributed by atoms with Crippen molar-refractivity contribution in [2.45, 2.75) is 6.18 Å². The average molecular weight is 415 g/mol. The van der Waals surface area contributed by atoms with Crippen molar-refractivity contribution in [1.82, 2.24) is 5.43 Å². The molecule has 2 rings (SSSR count). The SMILES string of the molecule is O=C(N/N=C\c1cc([N+](=O)[O-])ccc1Cl)C(=O)Nc1cccc(C(F)(F)F)c1. The zero-order valence-electron chi connectivity index (χ0n) is 13.7. The molecule has 146 valence electrons. The number of amides is 2. The molecule has 0 saturated carbocycles. The molecule has 0 spiro atoms. The summed E-state index contributed by atoms with van der Waals surface area (Å²) in [6.45, 7) is 0. The largest absolute Gasteiger partial charge is 0.416 e. The van der Waals surface area contributed by atoms with Crippen LogP contribution in [0.15, 0.2) is 47.6 Å². The number of carbonyl (C=O) groups excluding carboxylic acids is 2. The molecule has 0 saturated heterocycles. The van der Waals surface area contributed by atoms with Crippen molar-refractivity contribution >= 4 is 41.0 Å². The van der Waals surface area contributed by atoms with E-state index in [4.69, 9.17) is 11.6 Å². The van der Waals surface area contributed by atoms with Crippen LogP contribution in [0.25, 0.3) is 0 Å². The fourth-order valence-corrected chi connectivity index (χ4v) is 2.08. The summed E-state index contributed by atoms with van der Waals surface area (Å²) in [7, 11) is 0. The van der Waals surface area contributed by atoms with Crippen molar-refractivity contribution in [2.75, 3.05) is 5.32 Å². The summed E-state index contributed by atoms with van der Waals surface area (Å²) >= 11 is 5.84. The maximum absolute atomic E-state index is 12.6. The van der Waals surface area contributed by atoms with Gasteiger partial charge in [0, 0.05) is 28.4 Å².